The summed E-state index contributed by atoms with van der Waals surface area (Å²) in [6, 6.07) is 8.10. The number of rotatable bonds is 0. The number of aromatic nitrogens is 2. The summed E-state index contributed by atoms with van der Waals surface area (Å²) in [6.45, 7) is 0. The van der Waals surface area contributed by atoms with Crippen LogP contribution in [-0.4, -0.2) is 7.99 Å². The molecule has 2 rings (SSSR count). The molecule has 0 aliphatic carbocycles. The average Bonchev–Trinajstić information content (AvgIpc) is 2.30. The summed E-state index contributed by atoms with van der Waals surface area (Å²) in [5.41, 5.74) is 1.14. The molecule has 1 aromatic heterocycles. The molecule has 0 fully saturated rings. The molecular weight excluding hydrogens is 319 g/mol. The first kappa shape index (κ1) is 7.54. The Morgan fingerprint density at radius 2 is 2.09 bits per heavy atom. The van der Waals surface area contributed by atoms with Crippen molar-refractivity contribution >= 4 is 49.7 Å². The largest absolute Gasteiger partial charge is 0.203 e. The first-order chi connectivity index (χ1) is 5.29. The second kappa shape index (κ2) is 2.75. The number of hydrogen-bond donors (Lipinski definition) is 0. The molecule has 1 aromatic carbocycles. The van der Waals surface area contributed by atoms with Gasteiger partial charge in [0.1, 0.15) is 4.60 Å². The van der Waals surface area contributed by atoms with Crippen LogP contribution in [0.2, 0.25) is 0 Å². The maximum atomic E-state index is 4.21. The lowest BCUT2D eigenvalue weighted by Gasteiger charge is -1.87. The Balaban J connectivity index is 2.95. The Labute approximate surface area is 86.2 Å². The molecule has 0 atom stereocenters. The van der Waals surface area contributed by atoms with Gasteiger partial charge in [0, 0.05) is 5.39 Å². The lowest BCUT2D eigenvalue weighted by molar-refractivity contribution is 1.06. The van der Waals surface area contributed by atoms with Gasteiger partial charge < -0.3 is 0 Å². The van der Waals surface area contributed by atoms with E-state index >= 15 is 0 Å². The van der Waals surface area contributed by atoms with Crippen LogP contribution < -0.4 is 0 Å². The molecule has 0 aliphatic heterocycles. The Morgan fingerprint density at radius 3 is 2.82 bits per heavy atom. The van der Waals surface area contributed by atoms with Crippen molar-refractivity contribution in [2.45, 2.75) is 0 Å². The van der Waals surface area contributed by atoms with E-state index < -0.39 is 0 Å². The lowest BCUT2D eigenvalue weighted by Crippen LogP contribution is -1.77. The van der Waals surface area contributed by atoms with Gasteiger partial charge in [0.25, 0.3) is 0 Å². The predicted octanol–water partition coefficient (Wildman–Crippen LogP) is 3.00. The normalized spacial score (nSPS) is 10.7. The molecule has 0 bridgehead atoms. The van der Waals surface area contributed by atoms with Crippen molar-refractivity contribution in [3.63, 3.8) is 0 Å². The highest BCUT2D eigenvalue weighted by Crippen LogP contribution is 2.23. The molecule has 4 heteroatoms. The van der Waals surface area contributed by atoms with Gasteiger partial charge in [-0.15, -0.1) is 0 Å². The molecule has 1 heterocycles. The maximum absolute atomic E-state index is 4.21. The highest BCUT2D eigenvalue weighted by molar-refractivity contribution is 14.1. The van der Waals surface area contributed by atoms with Crippen LogP contribution in [0.25, 0.3) is 10.9 Å². The summed E-state index contributed by atoms with van der Waals surface area (Å²) in [4.78, 5) is 0. The smallest absolute Gasteiger partial charge is 0.136 e. The minimum atomic E-state index is 0.905. The number of para-hydroxylation sites is 1. The summed E-state index contributed by atoms with van der Waals surface area (Å²) >= 11 is 5.54. The van der Waals surface area contributed by atoms with Crippen LogP contribution >= 0.6 is 38.8 Å². The van der Waals surface area contributed by atoms with E-state index in [1.54, 1.807) is 0 Å². The molecule has 0 N–H and O–H groups in total. The van der Waals surface area contributed by atoms with Crippen LogP contribution in [0.3, 0.4) is 0 Å². The first-order valence-electron chi connectivity index (χ1n) is 3.08. The van der Waals surface area contributed by atoms with Crippen LogP contribution in [-0.2, 0) is 0 Å². The molecular formula is C7H4BrIN2. The van der Waals surface area contributed by atoms with E-state index in [1.165, 1.54) is 0 Å². The van der Waals surface area contributed by atoms with Crippen LogP contribution in [0.1, 0.15) is 0 Å². The van der Waals surface area contributed by atoms with Crippen molar-refractivity contribution in [2.75, 3.05) is 0 Å². The first-order valence-corrected chi connectivity index (χ1v) is 4.84. The Morgan fingerprint density at radius 1 is 1.36 bits per heavy atom. The fraction of sp³-hybridized carbons (Fsp3) is 0. The Hall–Kier alpha value is -0.100. The van der Waals surface area contributed by atoms with Gasteiger partial charge in [0.2, 0.25) is 0 Å². The van der Waals surface area contributed by atoms with Crippen LogP contribution in [0, 0.1) is 0 Å². The topological polar surface area (TPSA) is 17.8 Å². The zero-order valence-corrected chi connectivity index (χ0v) is 9.20. The minimum Gasteiger partial charge on any atom is -0.203 e. The van der Waals surface area contributed by atoms with Crippen LogP contribution in [0.4, 0.5) is 0 Å². The van der Waals surface area contributed by atoms with Crippen LogP contribution in [0.15, 0.2) is 28.9 Å². The second-order valence-electron chi connectivity index (χ2n) is 2.17. The zero-order valence-electron chi connectivity index (χ0n) is 5.46. The molecule has 0 spiro atoms. The van der Waals surface area contributed by atoms with Crippen LogP contribution in [0.5, 0.6) is 0 Å². The van der Waals surface area contributed by atoms with Gasteiger partial charge in [-0.05, 0) is 28.1 Å². The molecule has 0 amide bonds. The van der Waals surface area contributed by atoms with E-state index in [2.05, 4.69) is 43.9 Å². The third-order valence-electron chi connectivity index (χ3n) is 1.50. The third kappa shape index (κ3) is 1.18. The second-order valence-corrected chi connectivity index (χ2v) is 3.83. The maximum Gasteiger partial charge on any atom is 0.136 e. The van der Waals surface area contributed by atoms with Gasteiger partial charge in [0.15, 0.2) is 0 Å². The quantitative estimate of drug-likeness (QED) is 0.682. The van der Waals surface area contributed by atoms with Gasteiger partial charge in [-0.2, -0.15) is 5.10 Å². The van der Waals surface area contributed by atoms with Crippen molar-refractivity contribution in [1.29, 1.82) is 0 Å². The molecule has 2 nitrogen and oxygen atoms in total. The van der Waals surface area contributed by atoms with Gasteiger partial charge >= 0.3 is 0 Å². The van der Waals surface area contributed by atoms with Gasteiger partial charge in [0.05, 0.1) is 28.4 Å². The molecule has 56 valence electrons. The molecule has 0 unspecified atom stereocenters. The molecule has 0 aliphatic rings. The SMILES string of the molecule is Brc1nn(I)c2ccccc12. The number of halogens is 2. The van der Waals surface area contributed by atoms with Crippen molar-refractivity contribution in [2.24, 2.45) is 0 Å². The zero-order chi connectivity index (χ0) is 7.84. The van der Waals surface area contributed by atoms with Gasteiger partial charge in [-0.3, -0.25) is 0 Å². The fourth-order valence-corrected chi connectivity index (χ4v) is 2.42. The van der Waals surface area contributed by atoms with E-state index in [1.807, 2.05) is 27.2 Å². The monoisotopic (exact) mass is 322 g/mol. The molecule has 0 saturated carbocycles. The Bertz CT molecular complexity index is 360. The number of benzene rings is 1. The lowest BCUT2D eigenvalue weighted by atomic mass is 10.3. The summed E-state index contributed by atoms with van der Waals surface area (Å²) in [5.74, 6) is 0. The molecule has 0 radical (unpaired) electrons. The van der Waals surface area contributed by atoms with Crippen molar-refractivity contribution in [3.8, 4) is 0 Å². The van der Waals surface area contributed by atoms with Crippen molar-refractivity contribution < 1.29 is 0 Å². The number of nitrogens with zero attached hydrogens (tertiary/aromatic N) is 2. The fourth-order valence-electron chi connectivity index (χ4n) is 0.994. The summed E-state index contributed by atoms with van der Waals surface area (Å²) in [7, 11) is 0. The third-order valence-corrected chi connectivity index (χ3v) is 2.82. The Kier molecular flexibility index (Phi) is 1.88. The molecule has 11 heavy (non-hydrogen) atoms. The summed E-state index contributed by atoms with van der Waals surface area (Å²) < 4.78 is 2.74. The van der Waals surface area contributed by atoms with E-state index in [0.717, 1.165) is 15.5 Å². The minimum absolute atomic E-state index is 0.905. The highest BCUT2D eigenvalue weighted by atomic mass is 127. The van der Waals surface area contributed by atoms with Gasteiger partial charge in [-0.25, -0.2) is 2.90 Å². The standard InChI is InChI=1S/C7H4BrIN2/c8-7-5-3-1-2-4-6(5)11(9)10-7/h1-4H. The van der Waals surface area contributed by atoms with Crippen molar-refractivity contribution in [3.05, 3.63) is 28.9 Å². The molecule has 0 saturated heterocycles. The number of hydrogen-bond acceptors (Lipinski definition) is 1. The van der Waals surface area contributed by atoms with E-state index in [0.29, 0.717) is 0 Å². The van der Waals surface area contributed by atoms with Crippen molar-refractivity contribution in [1.82, 2.24) is 7.99 Å². The average molecular weight is 323 g/mol. The summed E-state index contributed by atoms with van der Waals surface area (Å²) in [6.07, 6.45) is 0. The summed E-state index contributed by atoms with van der Waals surface area (Å²) in [5, 5.41) is 5.36. The van der Waals surface area contributed by atoms with E-state index in [4.69, 9.17) is 0 Å². The predicted molar refractivity (Wildman–Crippen MR) is 56.9 cm³/mol. The number of fused-ring (bicyclic) bond motifs is 1. The van der Waals surface area contributed by atoms with E-state index in [-0.39, 0.29) is 0 Å². The van der Waals surface area contributed by atoms with Gasteiger partial charge in [-0.1, -0.05) is 12.1 Å². The molecule has 2 aromatic rings. The highest BCUT2D eigenvalue weighted by Gasteiger charge is 2.03. The van der Waals surface area contributed by atoms with E-state index in [9.17, 15) is 0 Å².